The van der Waals surface area contributed by atoms with Crippen LogP contribution in [0.2, 0.25) is 0 Å². The molecule has 170 valence electrons. The number of anilines is 1. The van der Waals surface area contributed by atoms with Crippen LogP contribution in [0.1, 0.15) is 30.0 Å². The molecule has 0 bridgehead atoms. The average Bonchev–Trinajstić information content (AvgIpc) is 3.48. The first-order valence-corrected chi connectivity index (χ1v) is 11.4. The number of ether oxygens (including phenoxy) is 2. The van der Waals surface area contributed by atoms with Crippen LogP contribution < -0.4 is 5.73 Å². The van der Waals surface area contributed by atoms with Gasteiger partial charge in [0.25, 0.3) is 0 Å². The summed E-state index contributed by atoms with van der Waals surface area (Å²) < 4.78 is 14.9. The Morgan fingerprint density at radius 1 is 1.21 bits per heavy atom. The summed E-state index contributed by atoms with van der Waals surface area (Å²) in [6, 6.07) is 9.70. The minimum absolute atomic E-state index is 0.160. The van der Waals surface area contributed by atoms with Crippen molar-refractivity contribution in [2.45, 2.75) is 43.5 Å². The third kappa shape index (κ3) is 3.17. The second-order valence-electron chi connectivity index (χ2n) is 8.74. The molecular weight excluding hydrogens is 490 g/mol. The number of hydrogen-bond acceptors (Lipinski definition) is 8. The molecule has 4 N–H and O–H groups in total. The number of nitrogen functional groups attached to an aromatic ring is 1. The maximum Gasteiger partial charge on any atom is 0.164 e. The first-order valence-electron chi connectivity index (χ1n) is 10.7. The Labute approximate surface area is 197 Å². The van der Waals surface area contributed by atoms with Gasteiger partial charge in [0.05, 0.1) is 28.4 Å². The molecule has 5 atom stereocenters. The molecule has 9 nitrogen and oxygen atoms in total. The van der Waals surface area contributed by atoms with Crippen molar-refractivity contribution >= 4 is 43.7 Å². The predicted molar refractivity (Wildman–Crippen MR) is 124 cm³/mol. The van der Waals surface area contributed by atoms with Gasteiger partial charge in [0.15, 0.2) is 6.23 Å². The number of aliphatic hydroxyl groups excluding tert-OH is 2. The van der Waals surface area contributed by atoms with Crippen molar-refractivity contribution in [3.63, 3.8) is 0 Å². The molecule has 0 aliphatic carbocycles. The van der Waals surface area contributed by atoms with Gasteiger partial charge in [-0.05, 0) is 46.6 Å². The summed E-state index contributed by atoms with van der Waals surface area (Å²) in [6.07, 6.45) is 0.336. The molecule has 2 fully saturated rings. The average molecular weight is 512 g/mol. The third-order valence-electron chi connectivity index (χ3n) is 6.75. The molecule has 3 aromatic heterocycles. The Bertz CT molecular complexity index is 1390. The topological polar surface area (TPSA) is 129 Å². The molecule has 2 aliphatic rings. The summed E-state index contributed by atoms with van der Waals surface area (Å²) in [5.74, 6) is 0.418. The van der Waals surface area contributed by atoms with Crippen molar-refractivity contribution in [2.24, 2.45) is 0 Å². The normalized spacial score (nSPS) is 29.6. The van der Waals surface area contributed by atoms with Crippen LogP contribution in [0.25, 0.3) is 21.9 Å². The molecule has 2 aliphatic heterocycles. The Kier molecular flexibility index (Phi) is 4.72. The smallest absolute Gasteiger partial charge is 0.164 e. The van der Waals surface area contributed by atoms with E-state index in [1.54, 1.807) is 10.8 Å². The van der Waals surface area contributed by atoms with Gasteiger partial charge < -0.3 is 30.0 Å². The Balaban J connectivity index is 1.30. The fourth-order valence-corrected chi connectivity index (χ4v) is 5.26. The van der Waals surface area contributed by atoms with Gasteiger partial charge in [0.1, 0.15) is 35.6 Å². The van der Waals surface area contributed by atoms with E-state index in [-0.39, 0.29) is 12.7 Å². The van der Waals surface area contributed by atoms with E-state index < -0.39 is 24.0 Å². The molecule has 0 amide bonds. The van der Waals surface area contributed by atoms with Crippen LogP contribution >= 0.6 is 15.9 Å². The second-order valence-corrected chi connectivity index (χ2v) is 9.59. The van der Waals surface area contributed by atoms with E-state index in [4.69, 9.17) is 15.2 Å². The number of pyridine rings is 1. The van der Waals surface area contributed by atoms with Gasteiger partial charge in [-0.15, -0.1) is 0 Å². The van der Waals surface area contributed by atoms with Crippen molar-refractivity contribution in [3.05, 3.63) is 58.6 Å². The Hall–Kier alpha value is -2.63. The summed E-state index contributed by atoms with van der Waals surface area (Å²) in [6.45, 7) is 2.06. The van der Waals surface area contributed by atoms with Crippen LogP contribution in [0, 0.1) is 6.92 Å². The standard InChI is InChI=1S/C23H22BrN5O4/c1-11-14-4-5-29(21(14)27-10-26-11)22-18(30)19(31)23(33-22)8-17(32-9-23)13-3-2-12-6-15(24)20(25)28-16(12)7-13/h2-7,10,17-19,22,30-31H,8-9H2,1H3,(H2,25,28)/t17-,18-,19+,22-,23+/m1/s1. The number of nitrogens with zero attached hydrogens (tertiary/aromatic N) is 4. The van der Waals surface area contributed by atoms with E-state index in [1.165, 1.54) is 6.33 Å². The molecule has 0 radical (unpaired) electrons. The van der Waals surface area contributed by atoms with Crippen LogP contribution in [0.15, 0.2) is 47.3 Å². The lowest BCUT2D eigenvalue weighted by atomic mass is 9.90. The fraction of sp³-hybridized carbons (Fsp3) is 0.348. The Morgan fingerprint density at radius 2 is 2.06 bits per heavy atom. The quantitative estimate of drug-likeness (QED) is 0.374. The number of aryl methyl sites for hydroxylation is 1. The summed E-state index contributed by atoms with van der Waals surface area (Å²) in [4.78, 5) is 13.0. The van der Waals surface area contributed by atoms with Gasteiger partial charge >= 0.3 is 0 Å². The number of hydrogen-bond donors (Lipinski definition) is 3. The highest BCUT2D eigenvalue weighted by Gasteiger charge is 2.59. The highest BCUT2D eigenvalue weighted by atomic mass is 79.9. The van der Waals surface area contributed by atoms with Crippen LogP contribution in [0.5, 0.6) is 0 Å². The van der Waals surface area contributed by atoms with Crippen LogP contribution in [0.4, 0.5) is 5.82 Å². The van der Waals surface area contributed by atoms with Crippen molar-refractivity contribution in [1.82, 2.24) is 19.5 Å². The van der Waals surface area contributed by atoms with Gasteiger partial charge in [-0.25, -0.2) is 15.0 Å². The number of fused-ring (bicyclic) bond motifs is 2. The summed E-state index contributed by atoms with van der Waals surface area (Å²) in [5.41, 5.74) is 8.07. The molecule has 2 saturated heterocycles. The zero-order chi connectivity index (χ0) is 22.9. The largest absolute Gasteiger partial charge is 0.387 e. The maximum atomic E-state index is 11.0. The van der Waals surface area contributed by atoms with Crippen LogP contribution in [-0.4, -0.2) is 54.1 Å². The van der Waals surface area contributed by atoms with E-state index in [9.17, 15) is 10.2 Å². The molecule has 1 aromatic carbocycles. The first-order chi connectivity index (χ1) is 15.9. The highest BCUT2D eigenvalue weighted by molar-refractivity contribution is 9.10. The lowest BCUT2D eigenvalue weighted by Crippen LogP contribution is -2.43. The van der Waals surface area contributed by atoms with Gasteiger partial charge in [0, 0.05) is 23.4 Å². The van der Waals surface area contributed by atoms with Gasteiger partial charge in [-0.2, -0.15) is 0 Å². The molecule has 5 heterocycles. The van der Waals surface area contributed by atoms with E-state index in [0.717, 1.165) is 32.0 Å². The van der Waals surface area contributed by atoms with E-state index >= 15 is 0 Å². The number of aliphatic hydroxyl groups is 2. The molecule has 33 heavy (non-hydrogen) atoms. The number of halogens is 1. The maximum absolute atomic E-state index is 11.0. The summed E-state index contributed by atoms with van der Waals surface area (Å²) in [7, 11) is 0. The third-order valence-corrected chi connectivity index (χ3v) is 7.38. The first kappa shape index (κ1) is 20.9. The van der Waals surface area contributed by atoms with Crippen LogP contribution in [0.3, 0.4) is 0 Å². The minimum atomic E-state index is -1.13. The van der Waals surface area contributed by atoms with Crippen molar-refractivity contribution in [3.8, 4) is 0 Å². The van der Waals surface area contributed by atoms with Gasteiger partial charge in [0.2, 0.25) is 0 Å². The summed E-state index contributed by atoms with van der Waals surface area (Å²) >= 11 is 3.40. The molecule has 0 unspecified atom stereocenters. The number of rotatable bonds is 2. The van der Waals surface area contributed by atoms with E-state index in [2.05, 4.69) is 30.9 Å². The SMILES string of the molecule is Cc1ncnc2c1ccn2[C@@H]1O[C@@]2(CO[C@@H](c3ccc4cc(Br)c(N)nc4c3)C2)[C@@H](O)[C@H]1O. The molecule has 1 spiro atoms. The number of aromatic nitrogens is 4. The molecular formula is C23H22BrN5O4. The lowest BCUT2D eigenvalue weighted by molar-refractivity contribution is -0.103. The predicted octanol–water partition coefficient (Wildman–Crippen LogP) is 2.78. The summed E-state index contributed by atoms with van der Waals surface area (Å²) in [5, 5.41) is 23.8. The Morgan fingerprint density at radius 3 is 2.91 bits per heavy atom. The zero-order valence-electron chi connectivity index (χ0n) is 17.7. The van der Waals surface area contributed by atoms with Crippen molar-refractivity contribution in [2.75, 3.05) is 12.3 Å². The zero-order valence-corrected chi connectivity index (χ0v) is 19.3. The minimum Gasteiger partial charge on any atom is -0.387 e. The second kappa shape index (κ2) is 7.44. The van der Waals surface area contributed by atoms with Gasteiger partial charge in [-0.1, -0.05) is 12.1 Å². The van der Waals surface area contributed by atoms with Gasteiger partial charge in [-0.3, -0.25) is 0 Å². The monoisotopic (exact) mass is 511 g/mol. The van der Waals surface area contributed by atoms with E-state index in [0.29, 0.717) is 17.9 Å². The van der Waals surface area contributed by atoms with Crippen molar-refractivity contribution in [1.29, 1.82) is 0 Å². The molecule has 4 aromatic rings. The molecule has 0 saturated carbocycles. The lowest BCUT2D eigenvalue weighted by Gasteiger charge is -2.25. The molecule has 10 heteroatoms. The fourth-order valence-electron chi connectivity index (χ4n) is 4.92. The highest BCUT2D eigenvalue weighted by Crippen LogP contribution is 2.48. The number of benzene rings is 1. The number of nitrogens with two attached hydrogens (primary N) is 1. The van der Waals surface area contributed by atoms with Crippen molar-refractivity contribution < 1.29 is 19.7 Å². The van der Waals surface area contributed by atoms with Crippen LogP contribution in [-0.2, 0) is 9.47 Å². The van der Waals surface area contributed by atoms with E-state index in [1.807, 2.05) is 37.3 Å². The molecule has 6 rings (SSSR count).